The van der Waals surface area contributed by atoms with Crippen LogP contribution in [0.4, 0.5) is 13.2 Å². The summed E-state index contributed by atoms with van der Waals surface area (Å²) in [5.74, 6) is 1.87. The number of fused-ring (bicyclic) bond motifs is 8. The van der Waals surface area contributed by atoms with Gasteiger partial charge < -0.3 is 28.8 Å². The van der Waals surface area contributed by atoms with Crippen molar-refractivity contribution in [2.24, 2.45) is 0 Å². The Balaban J connectivity index is 0.000000137. The quantitative estimate of drug-likeness (QED) is 0.105. The van der Waals surface area contributed by atoms with Crippen LogP contribution in [0.3, 0.4) is 0 Å². The highest BCUT2D eigenvalue weighted by Gasteiger charge is 2.37. The van der Waals surface area contributed by atoms with Crippen LogP contribution in [-0.2, 0) is 16.0 Å². The number of furan rings is 1. The molecule has 0 saturated carbocycles. The van der Waals surface area contributed by atoms with Gasteiger partial charge in [-0.2, -0.15) is 23.4 Å². The number of hydrogen-bond acceptors (Lipinski definition) is 11. The number of alkyl halides is 3. The summed E-state index contributed by atoms with van der Waals surface area (Å²) in [5, 5.41) is 22.3. The second-order valence-corrected chi connectivity index (χ2v) is 35.3. The Morgan fingerprint density at radius 3 is 1.72 bits per heavy atom. The number of aryl methyl sites for hydroxylation is 12. The van der Waals surface area contributed by atoms with Gasteiger partial charge >= 0.3 is 11.8 Å². The molecule has 5 N–H and O–H groups in total. The van der Waals surface area contributed by atoms with E-state index in [4.69, 9.17) is 43.6 Å². The number of nitrogens with zero attached hydrogens (tertiary/aromatic N) is 6. The van der Waals surface area contributed by atoms with Gasteiger partial charge in [-0.1, -0.05) is 186 Å². The zero-order valence-electron chi connectivity index (χ0n) is 73.3. The summed E-state index contributed by atoms with van der Waals surface area (Å²) >= 11 is 18.7. The van der Waals surface area contributed by atoms with E-state index in [9.17, 15) is 26.4 Å². The summed E-state index contributed by atoms with van der Waals surface area (Å²) in [5.41, 5.74) is 20.3. The smallest absolute Gasteiger partial charge is 0.433 e. The largest absolute Gasteiger partial charge is 0.461 e. The molecule has 654 valence electrons. The molecule has 128 heavy (non-hydrogen) atoms. The predicted molar refractivity (Wildman–Crippen MR) is 524 cm³/mol. The van der Waals surface area contributed by atoms with Crippen LogP contribution in [-0.4, -0.2) is 68.5 Å². The first-order chi connectivity index (χ1) is 61.3. The molecular formula is C104H99Cl3F3N11O5S2. The Bertz CT molecular complexity index is 7160. The number of thiophene rings is 1. The summed E-state index contributed by atoms with van der Waals surface area (Å²) in [7, 11) is -3.21. The standard InChI is InChI=1S/C12H11ClO.C11H8ClF3N2.C11H10.C10H8O2.C9H8N2.3C9H9N.C8H11ClO2S2.2C8H8N2/c1-8-7-12(14-9(8)2)10-3-5-11(13)6-4-10;1-7-6-16-17(10(7)11(13,14)15)9-4-2-8(12)3-5-9;1-9-6-7-10-4-2-3-5-11(10)8-9;1-7-6-8-4-2-3-5-9(8)12-10(7)11;1-7-6-10-8-4-2-3-5-9(8)11-7;1-7-3-2-4-9-8(7)5-6-10-9;1-7-6-10-9-5-3-2-4-8(7)9;1-7-6-8-4-2-3-5-9(8)10-7;1-5(2)13(10,11)7-4-12-6(3)8(7)9;1-6-2-3-7-8(4-6)10-5-9-7;1-6-7-4-2-3-5-8(7)10-9-6/h3-7H,1-2H3;2-6H,1H3;2-8H,1H3;2-6H,1H3;2-6H,1H3;3*2-6,10H,1H3;4-5H,1-3H3;2*2-5H,1H3,(H,9,10). The molecule has 0 atom stereocenters. The molecule has 10 aromatic heterocycles. The molecule has 21 aromatic rings. The first kappa shape index (κ1) is 95.2. The number of halogens is 6. The Morgan fingerprint density at radius 2 is 1.07 bits per heavy atom. The molecule has 24 heteroatoms. The SMILES string of the molecule is Cc1[nH]nc2ccccc12.Cc1c[nH]c2ccccc12.Cc1cc(-c2ccc(Cl)cc2)oc1C.Cc1cc2ccccc2[nH]1.Cc1cc2ccccc2oc1=O.Cc1ccc2ccccc2c1.Cc1ccc2nc[nH]c2c1.Cc1cccc2[nH]ccc12.Cc1cnc2ccccc2n1.Cc1cnn(-c2ccc(Cl)cc2)c1C(F)(F)F.Cc1scc(S(=O)(=O)C(C)C)c1Cl. The second-order valence-electron chi connectivity index (χ2n) is 30.4. The van der Waals surface area contributed by atoms with Crippen molar-refractivity contribution in [2.75, 3.05) is 0 Å². The van der Waals surface area contributed by atoms with Crippen molar-refractivity contribution in [1.29, 1.82) is 0 Å². The van der Waals surface area contributed by atoms with Crippen LogP contribution in [0.25, 0.3) is 104 Å². The van der Waals surface area contributed by atoms with Gasteiger partial charge in [0, 0.05) is 99.5 Å². The number of aromatic nitrogens is 11. The summed E-state index contributed by atoms with van der Waals surface area (Å²) in [6.45, 7) is 26.7. The van der Waals surface area contributed by atoms with E-state index in [1.807, 2.05) is 162 Å². The normalized spacial score (nSPS) is 10.8. The van der Waals surface area contributed by atoms with Gasteiger partial charge in [0.25, 0.3) is 0 Å². The van der Waals surface area contributed by atoms with E-state index in [0.29, 0.717) is 26.9 Å². The maximum Gasteiger partial charge on any atom is 0.433 e. The van der Waals surface area contributed by atoms with Gasteiger partial charge in [-0.3, -0.25) is 10.1 Å². The van der Waals surface area contributed by atoms with Gasteiger partial charge in [0.05, 0.1) is 66.7 Å². The molecule has 0 bridgehead atoms. The minimum absolute atomic E-state index is 0.0902. The van der Waals surface area contributed by atoms with Crippen LogP contribution in [0, 0.1) is 83.1 Å². The lowest BCUT2D eigenvalue weighted by Crippen LogP contribution is -2.14. The minimum atomic E-state index is -4.43. The molecule has 0 aliphatic carbocycles. The Hall–Kier alpha value is -13.4. The van der Waals surface area contributed by atoms with Gasteiger partial charge in [0.1, 0.15) is 17.1 Å². The number of aromatic amines is 5. The van der Waals surface area contributed by atoms with Crippen LogP contribution in [0.1, 0.15) is 86.2 Å². The third-order valence-corrected chi connectivity index (χ3v) is 24.6. The molecule has 10 heterocycles. The van der Waals surface area contributed by atoms with Crippen LogP contribution < -0.4 is 5.63 Å². The number of H-pyrrole nitrogens is 5. The third kappa shape index (κ3) is 26.1. The Morgan fingerprint density at radius 1 is 0.477 bits per heavy atom. The third-order valence-electron chi connectivity index (χ3n) is 20.2. The molecule has 0 fully saturated rings. The van der Waals surface area contributed by atoms with Crippen molar-refractivity contribution < 1.29 is 30.4 Å². The molecule has 21 rings (SSSR count). The minimum Gasteiger partial charge on any atom is -0.461 e. The van der Waals surface area contributed by atoms with Crippen molar-refractivity contribution in [2.45, 2.75) is 113 Å². The van der Waals surface area contributed by atoms with Crippen molar-refractivity contribution in [3.05, 3.63) is 407 Å². The first-order valence-electron chi connectivity index (χ1n) is 41.0. The van der Waals surface area contributed by atoms with Gasteiger partial charge in [-0.25, -0.2) is 27.9 Å². The predicted octanol–water partition coefficient (Wildman–Crippen LogP) is 29.3. The molecule has 0 aliphatic heterocycles. The van der Waals surface area contributed by atoms with E-state index in [-0.39, 0.29) is 16.1 Å². The number of sulfone groups is 1. The van der Waals surface area contributed by atoms with Gasteiger partial charge in [0.2, 0.25) is 0 Å². The molecule has 11 aromatic carbocycles. The van der Waals surface area contributed by atoms with E-state index >= 15 is 0 Å². The Kier molecular flexibility index (Phi) is 33.2. The monoisotopic (exact) mass is 1810 g/mol. The van der Waals surface area contributed by atoms with Crippen LogP contribution in [0.5, 0.6) is 0 Å². The molecule has 0 aliphatic rings. The fourth-order valence-electron chi connectivity index (χ4n) is 13.1. The highest BCUT2D eigenvalue weighted by Crippen LogP contribution is 2.35. The van der Waals surface area contributed by atoms with Crippen molar-refractivity contribution in [1.82, 2.24) is 54.9 Å². The highest BCUT2D eigenvalue weighted by molar-refractivity contribution is 7.92. The maximum atomic E-state index is 12.8. The van der Waals surface area contributed by atoms with Crippen molar-refractivity contribution >= 4 is 143 Å². The van der Waals surface area contributed by atoms with Crippen molar-refractivity contribution in [3.63, 3.8) is 0 Å². The zero-order chi connectivity index (χ0) is 91.8. The molecule has 0 saturated heterocycles. The lowest BCUT2D eigenvalue weighted by atomic mass is 10.1. The number of hydrogen-bond donors (Lipinski definition) is 5. The highest BCUT2D eigenvalue weighted by atomic mass is 35.5. The summed E-state index contributed by atoms with van der Waals surface area (Å²) in [6, 6.07) is 89.1. The van der Waals surface area contributed by atoms with E-state index in [0.717, 1.165) is 76.0 Å². The van der Waals surface area contributed by atoms with E-state index < -0.39 is 27.0 Å². The maximum absolute atomic E-state index is 12.8. The molecule has 0 radical (unpaired) electrons. The lowest BCUT2D eigenvalue weighted by molar-refractivity contribution is -0.143. The summed E-state index contributed by atoms with van der Waals surface area (Å²) < 4.78 is 73.3. The van der Waals surface area contributed by atoms with Crippen molar-refractivity contribution in [3.8, 4) is 17.0 Å². The fraction of sp³-hybridized carbons (Fsp3) is 0.154. The topological polar surface area (TPSA) is 226 Å². The number of rotatable bonds is 4. The number of nitrogens with one attached hydrogen (secondary N) is 5. The number of benzene rings is 11. The first-order valence-corrected chi connectivity index (χ1v) is 44.5. The Labute approximate surface area is 760 Å². The fourth-order valence-corrected chi connectivity index (χ4v) is 16.2. The van der Waals surface area contributed by atoms with Gasteiger partial charge in [0.15, 0.2) is 15.5 Å². The summed E-state index contributed by atoms with van der Waals surface area (Å²) in [6.07, 6.45) is 4.26. The van der Waals surface area contributed by atoms with Crippen LogP contribution >= 0.6 is 46.1 Å². The van der Waals surface area contributed by atoms with E-state index in [1.54, 1.807) is 44.7 Å². The molecule has 16 nitrogen and oxygen atoms in total. The summed E-state index contributed by atoms with van der Waals surface area (Å²) in [4.78, 5) is 37.5. The van der Waals surface area contributed by atoms with Crippen LogP contribution in [0.15, 0.2) is 328 Å². The molecular weight excluding hydrogens is 1710 g/mol. The van der Waals surface area contributed by atoms with Crippen LogP contribution in [0.2, 0.25) is 15.1 Å². The van der Waals surface area contributed by atoms with E-state index in [1.165, 1.54) is 131 Å². The average Bonchev–Trinajstić information content (AvgIpc) is 1.64. The molecule has 0 amide bonds. The average molecular weight is 1810 g/mol. The molecule has 0 spiro atoms. The number of imidazole rings is 1. The second kappa shape index (κ2) is 44.6. The van der Waals surface area contributed by atoms with Gasteiger partial charge in [-0.05, 0) is 268 Å². The zero-order valence-corrected chi connectivity index (χ0v) is 77.2. The van der Waals surface area contributed by atoms with Gasteiger partial charge in [-0.15, -0.1) is 11.3 Å². The van der Waals surface area contributed by atoms with E-state index in [2.05, 4.69) is 212 Å². The molecule has 0 unspecified atom stereocenters. The number of para-hydroxylation sites is 6. The lowest BCUT2D eigenvalue weighted by Gasteiger charge is -2.11.